The molecule has 4 nitrogen and oxygen atoms in total. The van der Waals surface area contributed by atoms with Crippen LogP contribution < -0.4 is 0 Å². The van der Waals surface area contributed by atoms with Crippen LogP contribution in [0.2, 0.25) is 6.04 Å². The molecule has 19 heavy (non-hydrogen) atoms. The Labute approximate surface area is 118 Å². The van der Waals surface area contributed by atoms with Crippen LogP contribution in [-0.4, -0.2) is 40.9 Å². The first-order valence-electron chi connectivity index (χ1n) is 7.69. The van der Waals surface area contributed by atoms with Gasteiger partial charge in [-0.3, -0.25) is 4.99 Å². The fourth-order valence-corrected chi connectivity index (χ4v) is 4.76. The molecular formula is C14H29NO3Si. The van der Waals surface area contributed by atoms with Gasteiger partial charge in [-0.25, -0.2) is 0 Å². The summed E-state index contributed by atoms with van der Waals surface area (Å²) >= 11 is 0. The summed E-state index contributed by atoms with van der Waals surface area (Å²) in [6, 6.07) is 1.20. The molecule has 0 amide bonds. The van der Waals surface area contributed by atoms with Crippen molar-refractivity contribution in [3.8, 4) is 0 Å². The van der Waals surface area contributed by atoms with Gasteiger partial charge in [0.25, 0.3) is 0 Å². The van der Waals surface area contributed by atoms with Gasteiger partial charge < -0.3 is 13.3 Å². The predicted molar refractivity (Wildman–Crippen MR) is 80.8 cm³/mol. The molecule has 1 fully saturated rings. The van der Waals surface area contributed by atoms with Crippen molar-refractivity contribution in [1.82, 2.24) is 0 Å². The molecule has 0 aromatic heterocycles. The van der Waals surface area contributed by atoms with Gasteiger partial charge in [0, 0.05) is 32.1 Å². The zero-order valence-electron chi connectivity index (χ0n) is 12.7. The molecule has 1 aliphatic rings. The molecule has 112 valence electrons. The highest BCUT2D eigenvalue weighted by atomic mass is 28.4. The minimum absolute atomic E-state index is 0.505. The summed E-state index contributed by atoms with van der Waals surface area (Å²) in [7, 11) is -2.53. The Morgan fingerprint density at radius 1 is 0.947 bits per heavy atom. The number of rotatable bonds is 9. The fraction of sp³-hybridized carbons (Fsp3) is 0.929. The van der Waals surface area contributed by atoms with Gasteiger partial charge in [-0.05, 0) is 33.6 Å². The van der Waals surface area contributed by atoms with Crippen LogP contribution in [-0.2, 0) is 13.3 Å². The maximum atomic E-state index is 5.80. The largest absolute Gasteiger partial charge is 0.506 e. The average Bonchev–Trinajstić information content (AvgIpc) is 2.41. The van der Waals surface area contributed by atoms with Crippen molar-refractivity contribution in [1.29, 1.82) is 0 Å². The van der Waals surface area contributed by atoms with Crippen LogP contribution in [0, 0.1) is 0 Å². The maximum absolute atomic E-state index is 5.80. The van der Waals surface area contributed by atoms with E-state index in [1.807, 2.05) is 27.0 Å². The first-order chi connectivity index (χ1) is 9.26. The zero-order valence-corrected chi connectivity index (χ0v) is 13.7. The van der Waals surface area contributed by atoms with E-state index < -0.39 is 8.80 Å². The lowest BCUT2D eigenvalue weighted by Gasteiger charge is -2.27. The van der Waals surface area contributed by atoms with Crippen LogP contribution in [0.15, 0.2) is 4.99 Å². The Morgan fingerprint density at radius 3 is 1.95 bits per heavy atom. The molecule has 0 heterocycles. The number of nitrogens with zero attached hydrogens (tertiary/aromatic N) is 1. The summed E-state index contributed by atoms with van der Waals surface area (Å²) in [5.74, 6) is 0. The number of hydrogen-bond acceptors (Lipinski definition) is 4. The third-order valence-corrected chi connectivity index (χ3v) is 6.19. The smallest absolute Gasteiger partial charge is 0.374 e. The summed E-state index contributed by atoms with van der Waals surface area (Å²) in [4.78, 5) is 4.68. The lowest BCUT2D eigenvalue weighted by atomic mass is 9.96. The topological polar surface area (TPSA) is 40.0 Å². The Kier molecular flexibility index (Phi) is 8.53. The molecule has 0 bridgehead atoms. The lowest BCUT2D eigenvalue weighted by molar-refractivity contribution is 0.0755. The molecular weight excluding hydrogens is 258 g/mol. The monoisotopic (exact) mass is 287 g/mol. The second-order valence-corrected chi connectivity index (χ2v) is 7.45. The Hall–Kier alpha value is -0.233. The van der Waals surface area contributed by atoms with Gasteiger partial charge in [-0.15, -0.1) is 0 Å². The average molecular weight is 287 g/mol. The van der Waals surface area contributed by atoms with Crippen molar-refractivity contribution in [2.75, 3.05) is 19.8 Å². The fourth-order valence-electron chi connectivity index (χ4n) is 2.51. The van der Waals surface area contributed by atoms with Gasteiger partial charge in [0.05, 0.1) is 6.04 Å². The molecule has 1 aliphatic carbocycles. The molecule has 0 unspecified atom stereocenters. The molecule has 0 spiro atoms. The maximum Gasteiger partial charge on any atom is 0.506 e. The lowest BCUT2D eigenvalue weighted by Crippen LogP contribution is -2.46. The van der Waals surface area contributed by atoms with E-state index in [4.69, 9.17) is 13.3 Å². The third kappa shape index (κ3) is 6.16. The zero-order chi connectivity index (χ0) is 14.0. The number of hydrogen-bond donors (Lipinski definition) is 0. The minimum Gasteiger partial charge on any atom is -0.374 e. The third-order valence-electron chi connectivity index (χ3n) is 3.32. The Bertz CT molecular complexity index is 238. The van der Waals surface area contributed by atoms with E-state index >= 15 is 0 Å². The van der Waals surface area contributed by atoms with Crippen LogP contribution in [0.25, 0.3) is 0 Å². The van der Waals surface area contributed by atoms with Gasteiger partial charge in [-0.1, -0.05) is 19.3 Å². The standard InChI is InChI=1S/C14H29NO3Si/c1-4-16-19(17-5-2,18-6-3)13-12-15-14-10-8-7-9-11-14/h12,14H,4-11,13H2,1-3H3. The Morgan fingerprint density at radius 2 is 1.47 bits per heavy atom. The first-order valence-corrected chi connectivity index (χ1v) is 9.63. The molecule has 0 aromatic carbocycles. The van der Waals surface area contributed by atoms with Crippen molar-refractivity contribution in [3.05, 3.63) is 0 Å². The van der Waals surface area contributed by atoms with E-state index in [0.29, 0.717) is 31.9 Å². The predicted octanol–water partition coefficient (Wildman–Crippen LogP) is 3.44. The molecule has 5 heteroatoms. The van der Waals surface area contributed by atoms with Crippen LogP contribution in [0.4, 0.5) is 0 Å². The molecule has 0 atom stereocenters. The minimum atomic E-state index is -2.53. The van der Waals surface area contributed by atoms with Crippen molar-refractivity contribution < 1.29 is 13.3 Å². The second kappa shape index (κ2) is 9.64. The molecule has 0 radical (unpaired) electrons. The molecule has 1 rings (SSSR count). The highest BCUT2D eigenvalue weighted by Crippen LogP contribution is 2.21. The van der Waals surface area contributed by atoms with E-state index in [2.05, 4.69) is 4.99 Å². The van der Waals surface area contributed by atoms with Crippen molar-refractivity contribution in [3.63, 3.8) is 0 Å². The normalized spacial score (nSPS) is 18.3. The van der Waals surface area contributed by atoms with Crippen LogP contribution in [0.3, 0.4) is 0 Å². The highest BCUT2D eigenvalue weighted by molar-refractivity contribution is 6.63. The summed E-state index contributed by atoms with van der Waals surface area (Å²) in [5.41, 5.74) is 0. The van der Waals surface area contributed by atoms with Gasteiger partial charge in [0.1, 0.15) is 0 Å². The summed E-state index contributed by atoms with van der Waals surface area (Å²) < 4.78 is 17.4. The molecule has 0 aliphatic heterocycles. The van der Waals surface area contributed by atoms with Gasteiger partial charge in [0.2, 0.25) is 0 Å². The van der Waals surface area contributed by atoms with Crippen LogP contribution in [0.5, 0.6) is 0 Å². The van der Waals surface area contributed by atoms with E-state index in [1.165, 1.54) is 32.1 Å². The molecule has 0 aromatic rings. The van der Waals surface area contributed by atoms with Gasteiger partial charge in [0.15, 0.2) is 0 Å². The van der Waals surface area contributed by atoms with Gasteiger partial charge in [-0.2, -0.15) is 0 Å². The van der Waals surface area contributed by atoms with Crippen molar-refractivity contribution in [2.24, 2.45) is 4.99 Å². The van der Waals surface area contributed by atoms with Crippen LogP contribution in [0.1, 0.15) is 52.9 Å². The molecule has 1 saturated carbocycles. The number of aliphatic imine (C=N–C) groups is 1. The SMILES string of the molecule is CCO[Si](CC=NC1CCCCC1)(OCC)OCC. The second-order valence-electron chi connectivity index (χ2n) is 4.81. The summed E-state index contributed by atoms with van der Waals surface area (Å²) in [6.07, 6.45) is 8.43. The first kappa shape index (κ1) is 16.8. The summed E-state index contributed by atoms with van der Waals surface area (Å²) in [6.45, 7) is 7.84. The molecule has 0 N–H and O–H groups in total. The van der Waals surface area contributed by atoms with Crippen molar-refractivity contribution in [2.45, 2.75) is 65.0 Å². The van der Waals surface area contributed by atoms with Crippen molar-refractivity contribution >= 4 is 15.0 Å². The van der Waals surface area contributed by atoms with E-state index in [-0.39, 0.29) is 0 Å². The molecule has 0 saturated heterocycles. The van der Waals surface area contributed by atoms with Crippen LogP contribution >= 0.6 is 0 Å². The summed E-state index contributed by atoms with van der Waals surface area (Å²) in [5, 5.41) is 0. The Balaban J connectivity index is 2.51. The van der Waals surface area contributed by atoms with E-state index in [1.54, 1.807) is 0 Å². The van der Waals surface area contributed by atoms with E-state index in [0.717, 1.165) is 0 Å². The highest BCUT2D eigenvalue weighted by Gasteiger charge is 2.39. The quantitative estimate of drug-likeness (QED) is 0.482. The van der Waals surface area contributed by atoms with E-state index in [9.17, 15) is 0 Å². The van der Waals surface area contributed by atoms with Gasteiger partial charge >= 0.3 is 8.80 Å².